The summed E-state index contributed by atoms with van der Waals surface area (Å²) in [5.41, 5.74) is 0. The molecule has 1 heterocycles. The summed E-state index contributed by atoms with van der Waals surface area (Å²) in [5.74, 6) is -0.662. The van der Waals surface area contributed by atoms with Crippen molar-refractivity contribution in [1.29, 1.82) is 0 Å². The zero-order valence-corrected chi connectivity index (χ0v) is 13.3. The number of hydrogen-bond acceptors (Lipinski definition) is 4. The Bertz CT molecular complexity index is 416. The van der Waals surface area contributed by atoms with Crippen molar-refractivity contribution in [2.24, 2.45) is 5.92 Å². The Morgan fingerprint density at radius 1 is 1.23 bits per heavy atom. The van der Waals surface area contributed by atoms with E-state index in [1.807, 2.05) is 4.90 Å². The van der Waals surface area contributed by atoms with Gasteiger partial charge in [-0.15, -0.1) is 0 Å². The van der Waals surface area contributed by atoms with Gasteiger partial charge in [-0.25, -0.2) is 0 Å². The molecule has 1 aliphatic heterocycles. The molecule has 0 aromatic heterocycles. The zero-order valence-electron chi connectivity index (χ0n) is 13.3. The number of carbonyl (C=O) groups is 3. The van der Waals surface area contributed by atoms with Gasteiger partial charge in [-0.2, -0.15) is 0 Å². The van der Waals surface area contributed by atoms with Gasteiger partial charge >= 0.3 is 5.97 Å². The second-order valence-electron chi connectivity index (χ2n) is 6.21. The molecule has 0 unspecified atom stereocenters. The number of likely N-dealkylation sites (tertiary alicyclic amines) is 1. The number of nitrogens with zero attached hydrogens (tertiary/aromatic N) is 1. The quantitative estimate of drug-likeness (QED) is 0.612. The highest BCUT2D eigenvalue weighted by Gasteiger charge is 2.37. The van der Waals surface area contributed by atoms with Crippen molar-refractivity contribution >= 4 is 17.8 Å². The molecule has 0 aromatic rings. The highest BCUT2D eigenvalue weighted by Crippen LogP contribution is 2.28. The van der Waals surface area contributed by atoms with Crippen LogP contribution in [0.4, 0.5) is 0 Å². The third kappa shape index (κ3) is 4.45. The van der Waals surface area contributed by atoms with Crippen LogP contribution in [-0.2, 0) is 19.1 Å². The van der Waals surface area contributed by atoms with Crippen LogP contribution in [0, 0.1) is 5.92 Å². The number of esters is 1. The number of hydrogen-bond donors (Lipinski definition) is 1. The van der Waals surface area contributed by atoms with Gasteiger partial charge < -0.3 is 15.0 Å². The monoisotopic (exact) mass is 310 g/mol. The van der Waals surface area contributed by atoms with Crippen molar-refractivity contribution in [3.05, 3.63) is 0 Å². The van der Waals surface area contributed by atoms with Crippen molar-refractivity contribution in [2.75, 3.05) is 20.2 Å². The minimum atomic E-state index is -0.345. The highest BCUT2D eigenvalue weighted by atomic mass is 16.5. The fraction of sp³-hybridized carbons (Fsp3) is 0.812. The van der Waals surface area contributed by atoms with Crippen molar-refractivity contribution in [3.8, 4) is 0 Å². The van der Waals surface area contributed by atoms with Gasteiger partial charge in [0.1, 0.15) is 0 Å². The number of methoxy groups -OCH3 is 1. The predicted octanol–water partition coefficient (Wildman–Crippen LogP) is 1.24. The predicted molar refractivity (Wildman–Crippen MR) is 81.0 cm³/mol. The summed E-state index contributed by atoms with van der Waals surface area (Å²) in [6.07, 6.45) is 7.40. The average Bonchev–Trinajstić information content (AvgIpc) is 2.73. The second kappa shape index (κ2) is 8.15. The molecular weight excluding hydrogens is 284 g/mol. The molecule has 2 rings (SSSR count). The minimum Gasteiger partial charge on any atom is -0.469 e. The molecule has 1 saturated carbocycles. The van der Waals surface area contributed by atoms with Crippen LogP contribution in [0.2, 0.25) is 0 Å². The Morgan fingerprint density at radius 3 is 2.55 bits per heavy atom. The topological polar surface area (TPSA) is 75.7 Å². The Morgan fingerprint density at radius 2 is 1.91 bits per heavy atom. The molecular formula is C16H26N2O4. The summed E-state index contributed by atoms with van der Waals surface area (Å²) < 4.78 is 4.53. The van der Waals surface area contributed by atoms with E-state index in [4.69, 9.17) is 0 Å². The minimum absolute atomic E-state index is 0.0972. The van der Waals surface area contributed by atoms with Crippen LogP contribution < -0.4 is 5.32 Å². The van der Waals surface area contributed by atoms with Gasteiger partial charge in [0, 0.05) is 25.6 Å². The Hall–Kier alpha value is -1.59. The standard InChI is InChI=1S/C16H26N2O4/c1-22-15(20)8-9-17-16(21)12-10-14(19)18(11-12)13-6-4-2-3-5-7-13/h12-13H,2-11H2,1H3,(H,17,21)/t12-/m1/s1. The maximum Gasteiger partial charge on any atom is 0.307 e. The van der Waals surface area contributed by atoms with Gasteiger partial charge in [-0.3, -0.25) is 14.4 Å². The lowest BCUT2D eigenvalue weighted by molar-refractivity contribution is -0.140. The lowest BCUT2D eigenvalue weighted by Crippen LogP contribution is -2.38. The third-order valence-electron chi connectivity index (χ3n) is 4.65. The summed E-state index contributed by atoms with van der Waals surface area (Å²) in [4.78, 5) is 37.3. The zero-order chi connectivity index (χ0) is 15.9. The number of nitrogens with one attached hydrogen (secondary N) is 1. The van der Waals surface area contributed by atoms with Crippen LogP contribution in [0.3, 0.4) is 0 Å². The van der Waals surface area contributed by atoms with Gasteiger partial charge in [0.15, 0.2) is 0 Å². The van der Waals surface area contributed by atoms with E-state index in [0.29, 0.717) is 19.0 Å². The maximum absolute atomic E-state index is 12.2. The van der Waals surface area contributed by atoms with Crippen LogP contribution >= 0.6 is 0 Å². The summed E-state index contributed by atoms with van der Waals surface area (Å²) >= 11 is 0. The van der Waals surface area contributed by atoms with Crippen LogP contribution in [0.25, 0.3) is 0 Å². The molecule has 2 aliphatic rings. The van der Waals surface area contributed by atoms with Crippen LogP contribution in [0.15, 0.2) is 0 Å². The first-order chi connectivity index (χ1) is 10.6. The summed E-state index contributed by atoms with van der Waals surface area (Å²) in [6, 6.07) is 0.308. The largest absolute Gasteiger partial charge is 0.469 e. The van der Waals surface area contributed by atoms with Gasteiger partial charge in [-0.05, 0) is 12.8 Å². The molecule has 1 aliphatic carbocycles. The highest BCUT2D eigenvalue weighted by molar-refractivity contribution is 5.89. The van der Waals surface area contributed by atoms with E-state index in [0.717, 1.165) is 12.8 Å². The molecule has 1 atom stereocenters. The summed E-state index contributed by atoms with van der Waals surface area (Å²) in [7, 11) is 1.32. The molecule has 1 saturated heterocycles. The molecule has 124 valence electrons. The lowest BCUT2D eigenvalue weighted by atomic mass is 10.1. The number of carbonyl (C=O) groups excluding carboxylic acids is 3. The number of ether oxygens (including phenoxy) is 1. The lowest BCUT2D eigenvalue weighted by Gasteiger charge is -2.27. The average molecular weight is 310 g/mol. The smallest absolute Gasteiger partial charge is 0.307 e. The van der Waals surface area contributed by atoms with Crippen LogP contribution in [0.1, 0.15) is 51.4 Å². The molecule has 22 heavy (non-hydrogen) atoms. The van der Waals surface area contributed by atoms with Crippen molar-refractivity contribution in [1.82, 2.24) is 10.2 Å². The molecule has 2 amide bonds. The van der Waals surface area contributed by atoms with E-state index >= 15 is 0 Å². The van der Waals surface area contributed by atoms with Crippen molar-refractivity contribution < 1.29 is 19.1 Å². The normalized spacial score (nSPS) is 23.2. The van der Waals surface area contributed by atoms with Crippen molar-refractivity contribution in [2.45, 2.75) is 57.4 Å². The second-order valence-corrected chi connectivity index (χ2v) is 6.21. The van der Waals surface area contributed by atoms with Gasteiger partial charge in [0.05, 0.1) is 19.4 Å². The molecule has 0 spiro atoms. The molecule has 1 N–H and O–H groups in total. The maximum atomic E-state index is 12.2. The van der Waals surface area contributed by atoms with E-state index in [-0.39, 0.29) is 36.7 Å². The van der Waals surface area contributed by atoms with Crippen molar-refractivity contribution in [3.63, 3.8) is 0 Å². The first kappa shape index (κ1) is 16.8. The first-order valence-corrected chi connectivity index (χ1v) is 8.26. The molecule has 6 nitrogen and oxygen atoms in total. The number of amides is 2. The van der Waals surface area contributed by atoms with Crippen LogP contribution in [0.5, 0.6) is 0 Å². The fourth-order valence-electron chi connectivity index (χ4n) is 3.36. The van der Waals surface area contributed by atoms with Gasteiger partial charge in [0.25, 0.3) is 0 Å². The SMILES string of the molecule is COC(=O)CCNC(=O)[C@@H]1CC(=O)N(C2CCCCCC2)C1. The van der Waals surface area contributed by atoms with E-state index in [9.17, 15) is 14.4 Å². The first-order valence-electron chi connectivity index (χ1n) is 8.26. The Balaban J connectivity index is 1.80. The van der Waals surface area contributed by atoms with Crippen LogP contribution in [-0.4, -0.2) is 48.9 Å². The Kier molecular flexibility index (Phi) is 6.21. The van der Waals surface area contributed by atoms with Gasteiger partial charge in [0.2, 0.25) is 11.8 Å². The van der Waals surface area contributed by atoms with Gasteiger partial charge in [-0.1, -0.05) is 25.7 Å². The molecule has 0 radical (unpaired) electrons. The molecule has 2 fully saturated rings. The van der Waals surface area contributed by atoms with E-state index < -0.39 is 0 Å². The van der Waals surface area contributed by atoms with E-state index in [1.54, 1.807) is 0 Å². The fourth-order valence-corrected chi connectivity index (χ4v) is 3.36. The molecule has 0 aromatic carbocycles. The summed E-state index contributed by atoms with van der Waals surface area (Å²) in [5, 5.41) is 2.73. The third-order valence-corrected chi connectivity index (χ3v) is 4.65. The Labute approximate surface area is 131 Å². The molecule has 0 bridgehead atoms. The summed E-state index contributed by atoms with van der Waals surface area (Å²) in [6.45, 7) is 0.785. The van der Waals surface area contributed by atoms with E-state index in [2.05, 4.69) is 10.1 Å². The molecule has 6 heteroatoms. The number of rotatable bonds is 5. The van der Waals surface area contributed by atoms with E-state index in [1.165, 1.54) is 32.8 Å².